The standard InChI is InChI=1S/C8H8O5/c1-3(9)4-2-5(10)7(12)8(13)6(4)11/h2,10-13H,1H3. The van der Waals surface area contributed by atoms with Crippen molar-refractivity contribution in [1.82, 2.24) is 0 Å². The lowest BCUT2D eigenvalue weighted by atomic mass is 10.1. The van der Waals surface area contributed by atoms with E-state index < -0.39 is 28.8 Å². The van der Waals surface area contributed by atoms with Crippen LogP contribution in [-0.4, -0.2) is 26.2 Å². The summed E-state index contributed by atoms with van der Waals surface area (Å²) in [6, 6.07) is 0.882. The zero-order valence-corrected chi connectivity index (χ0v) is 6.77. The summed E-state index contributed by atoms with van der Waals surface area (Å²) in [5, 5.41) is 36.0. The first-order valence-electron chi connectivity index (χ1n) is 3.43. The largest absolute Gasteiger partial charge is 0.504 e. The van der Waals surface area contributed by atoms with E-state index in [1.807, 2.05) is 0 Å². The third-order valence-corrected chi connectivity index (χ3v) is 1.61. The molecule has 0 fully saturated rings. The molecule has 0 heterocycles. The van der Waals surface area contributed by atoms with E-state index in [0.717, 1.165) is 13.0 Å². The molecule has 0 atom stereocenters. The number of rotatable bonds is 1. The van der Waals surface area contributed by atoms with Crippen LogP contribution in [0.25, 0.3) is 0 Å². The second kappa shape index (κ2) is 2.85. The SMILES string of the molecule is CC(=O)c1cc(O)c(O)c(O)c1O. The van der Waals surface area contributed by atoms with E-state index in [4.69, 9.17) is 20.4 Å². The molecule has 0 aliphatic carbocycles. The molecule has 4 N–H and O–H groups in total. The van der Waals surface area contributed by atoms with Crippen molar-refractivity contribution in [2.75, 3.05) is 0 Å². The van der Waals surface area contributed by atoms with Crippen LogP contribution in [0.15, 0.2) is 6.07 Å². The van der Waals surface area contributed by atoms with Crippen LogP contribution in [-0.2, 0) is 0 Å². The van der Waals surface area contributed by atoms with Gasteiger partial charge in [0.2, 0.25) is 11.5 Å². The Balaban J connectivity index is 3.50. The van der Waals surface area contributed by atoms with E-state index in [0.29, 0.717) is 0 Å². The summed E-state index contributed by atoms with van der Waals surface area (Å²) in [4.78, 5) is 10.8. The predicted octanol–water partition coefficient (Wildman–Crippen LogP) is 0.712. The number of carbonyl (C=O) groups is 1. The number of carbonyl (C=O) groups excluding carboxylic acids is 1. The number of benzene rings is 1. The molecule has 5 heteroatoms. The molecule has 0 aliphatic rings. The fraction of sp³-hybridized carbons (Fsp3) is 0.125. The lowest BCUT2D eigenvalue weighted by Crippen LogP contribution is -1.92. The van der Waals surface area contributed by atoms with E-state index in [9.17, 15) is 4.79 Å². The number of hydrogen-bond acceptors (Lipinski definition) is 5. The number of Topliss-reactive ketones (excluding diaryl/α,β-unsaturated/α-hetero) is 1. The summed E-state index contributed by atoms with van der Waals surface area (Å²) in [7, 11) is 0. The van der Waals surface area contributed by atoms with Crippen molar-refractivity contribution in [2.45, 2.75) is 6.92 Å². The molecule has 0 unspecified atom stereocenters. The molecule has 5 nitrogen and oxygen atoms in total. The van der Waals surface area contributed by atoms with Crippen molar-refractivity contribution >= 4 is 5.78 Å². The number of aromatic hydroxyl groups is 4. The lowest BCUT2D eigenvalue weighted by Gasteiger charge is -2.06. The average Bonchev–Trinajstić information content (AvgIpc) is 2.07. The zero-order valence-electron chi connectivity index (χ0n) is 6.77. The molecule has 0 saturated heterocycles. The Labute approximate surface area is 73.5 Å². The maximum atomic E-state index is 10.8. The molecule has 0 aliphatic heterocycles. The van der Waals surface area contributed by atoms with Gasteiger partial charge in [0.15, 0.2) is 17.3 Å². The minimum atomic E-state index is -0.898. The van der Waals surface area contributed by atoms with Crippen molar-refractivity contribution in [2.24, 2.45) is 0 Å². The smallest absolute Gasteiger partial charge is 0.205 e. The molecule has 0 saturated carbocycles. The highest BCUT2D eigenvalue weighted by Gasteiger charge is 2.18. The normalized spacial score (nSPS) is 9.92. The van der Waals surface area contributed by atoms with Gasteiger partial charge in [0.25, 0.3) is 0 Å². The molecule has 13 heavy (non-hydrogen) atoms. The summed E-state index contributed by atoms with van der Waals surface area (Å²) in [6.45, 7) is 1.16. The number of hydrogen-bond donors (Lipinski definition) is 4. The van der Waals surface area contributed by atoms with E-state index in [1.165, 1.54) is 0 Å². The van der Waals surface area contributed by atoms with Crippen molar-refractivity contribution in [3.63, 3.8) is 0 Å². The van der Waals surface area contributed by atoms with E-state index in [-0.39, 0.29) is 5.56 Å². The van der Waals surface area contributed by atoms with E-state index in [2.05, 4.69) is 0 Å². The highest BCUT2D eigenvalue weighted by Crippen LogP contribution is 2.43. The highest BCUT2D eigenvalue weighted by molar-refractivity contribution is 5.98. The van der Waals surface area contributed by atoms with Gasteiger partial charge in [0, 0.05) is 0 Å². The number of phenols is 4. The van der Waals surface area contributed by atoms with Crippen LogP contribution in [0.3, 0.4) is 0 Å². The molecule has 0 bridgehead atoms. The Hall–Kier alpha value is -1.91. The van der Waals surface area contributed by atoms with Gasteiger partial charge in [-0.05, 0) is 13.0 Å². The van der Waals surface area contributed by atoms with Crippen LogP contribution in [0, 0.1) is 0 Å². The Bertz CT molecular complexity index is 369. The summed E-state index contributed by atoms with van der Waals surface area (Å²) in [5.41, 5.74) is -0.243. The molecule has 70 valence electrons. The second-order valence-corrected chi connectivity index (χ2v) is 2.55. The Morgan fingerprint density at radius 3 is 2.08 bits per heavy atom. The average molecular weight is 184 g/mol. The zero-order chi connectivity index (χ0) is 10.2. The molecule has 0 spiro atoms. The van der Waals surface area contributed by atoms with Gasteiger partial charge in [0.1, 0.15) is 0 Å². The van der Waals surface area contributed by atoms with Gasteiger partial charge < -0.3 is 20.4 Å². The molecular weight excluding hydrogens is 176 g/mol. The Morgan fingerprint density at radius 2 is 1.62 bits per heavy atom. The summed E-state index contributed by atoms with van der Waals surface area (Å²) in [5.74, 6) is -3.65. The van der Waals surface area contributed by atoms with Crippen LogP contribution in [0.2, 0.25) is 0 Å². The van der Waals surface area contributed by atoms with E-state index in [1.54, 1.807) is 0 Å². The van der Waals surface area contributed by atoms with Gasteiger partial charge in [0.05, 0.1) is 5.56 Å². The number of phenolic OH excluding ortho intramolecular Hbond substituents is 4. The predicted molar refractivity (Wildman–Crippen MR) is 43.1 cm³/mol. The number of ketones is 1. The van der Waals surface area contributed by atoms with Gasteiger partial charge in [-0.1, -0.05) is 0 Å². The quantitative estimate of drug-likeness (QED) is 0.293. The van der Waals surface area contributed by atoms with Crippen molar-refractivity contribution in [1.29, 1.82) is 0 Å². The molecular formula is C8H8O5. The van der Waals surface area contributed by atoms with Crippen molar-refractivity contribution < 1.29 is 25.2 Å². The first-order chi connectivity index (χ1) is 5.95. The fourth-order valence-corrected chi connectivity index (χ4v) is 0.903. The highest BCUT2D eigenvalue weighted by atomic mass is 16.3. The van der Waals surface area contributed by atoms with E-state index >= 15 is 0 Å². The maximum Gasteiger partial charge on any atom is 0.205 e. The first kappa shape index (κ1) is 9.18. The maximum absolute atomic E-state index is 10.8. The summed E-state index contributed by atoms with van der Waals surface area (Å²) >= 11 is 0. The van der Waals surface area contributed by atoms with Crippen LogP contribution < -0.4 is 0 Å². The minimum absolute atomic E-state index is 0.243. The van der Waals surface area contributed by atoms with Crippen LogP contribution in [0.5, 0.6) is 23.0 Å². The van der Waals surface area contributed by atoms with Gasteiger partial charge in [-0.3, -0.25) is 4.79 Å². The van der Waals surface area contributed by atoms with Crippen molar-refractivity contribution in [3.05, 3.63) is 11.6 Å². The lowest BCUT2D eigenvalue weighted by molar-refractivity contribution is 0.101. The van der Waals surface area contributed by atoms with Gasteiger partial charge >= 0.3 is 0 Å². The minimum Gasteiger partial charge on any atom is -0.504 e. The third-order valence-electron chi connectivity index (χ3n) is 1.61. The summed E-state index contributed by atoms with van der Waals surface area (Å²) < 4.78 is 0. The van der Waals surface area contributed by atoms with Crippen LogP contribution in [0.4, 0.5) is 0 Å². The molecule has 1 aromatic carbocycles. The topological polar surface area (TPSA) is 98.0 Å². The van der Waals surface area contributed by atoms with Crippen LogP contribution in [0.1, 0.15) is 17.3 Å². The summed E-state index contributed by atoms with van der Waals surface area (Å²) in [6.07, 6.45) is 0. The van der Waals surface area contributed by atoms with Gasteiger partial charge in [-0.2, -0.15) is 0 Å². The molecule has 0 aromatic heterocycles. The fourth-order valence-electron chi connectivity index (χ4n) is 0.903. The monoisotopic (exact) mass is 184 g/mol. The molecule has 0 amide bonds. The van der Waals surface area contributed by atoms with Gasteiger partial charge in [-0.15, -0.1) is 0 Å². The molecule has 0 radical (unpaired) electrons. The second-order valence-electron chi connectivity index (χ2n) is 2.55. The Morgan fingerprint density at radius 1 is 1.08 bits per heavy atom. The molecule has 1 aromatic rings. The van der Waals surface area contributed by atoms with Crippen LogP contribution >= 0.6 is 0 Å². The first-order valence-corrected chi connectivity index (χ1v) is 3.43. The molecule has 1 rings (SSSR count). The Kier molecular flexibility index (Phi) is 2.02. The van der Waals surface area contributed by atoms with Gasteiger partial charge in [-0.25, -0.2) is 0 Å². The van der Waals surface area contributed by atoms with Crippen molar-refractivity contribution in [3.8, 4) is 23.0 Å². The third kappa shape index (κ3) is 1.35.